The maximum absolute atomic E-state index is 11.0. The van der Waals surface area contributed by atoms with Crippen molar-refractivity contribution in [3.05, 3.63) is 52.5 Å². The van der Waals surface area contributed by atoms with E-state index in [2.05, 4.69) is 19.2 Å². The summed E-state index contributed by atoms with van der Waals surface area (Å²) >= 11 is 1.50. The molecule has 3 rings (SSSR count). The number of thiophene rings is 1. The number of aromatic carboxylic acids is 1. The summed E-state index contributed by atoms with van der Waals surface area (Å²) in [4.78, 5) is 20.5. The number of carbonyl (C=O) groups is 1. The topological polar surface area (TPSA) is 84.3 Å². The highest BCUT2D eigenvalue weighted by molar-refractivity contribution is 7.12. The zero-order chi connectivity index (χ0) is 19.4. The Morgan fingerprint density at radius 3 is 2.48 bits per heavy atom. The van der Waals surface area contributed by atoms with Crippen molar-refractivity contribution in [1.29, 1.82) is 0 Å². The van der Waals surface area contributed by atoms with Crippen LogP contribution in [0, 0.1) is 0 Å². The number of nitrogens with one attached hydrogen (secondary N) is 1. The molecule has 7 heteroatoms. The average molecular weight is 383 g/mol. The van der Waals surface area contributed by atoms with E-state index < -0.39 is 5.97 Å². The van der Waals surface area contributed by atoms with Crippen molar-refractivity contribution in [1.82, 2.24) is 9.97 Å². The summed E-state index contributed by atoms with van der Waals surface area (Å²) in [6.45, 7) is 4.15. The lowest BCUT2D eigenvalue weighted by molar-refractivity contribution is 0.0697. The van der Waals surface area contributed by atoms with Crippen LogP contribution in [0.2, 0.25) is 0 Å². The number of hydrogen-bond acceptors (Lipinski definition) is 6. The van der Waals surface area contributed by atoms with Crippen molar-refractivity contribution in [2.45, 2.75) is 26.7 Å². The van der Waals surface area contributed by atoms with Gasteiger partial charge in [0.2, 0.25) is 0 Å². The number of rotatable bonds is 7. The van der Waals surface area contributed by atoms with Crippen molar-refractivity contribution in [2.24, 2.45) is 0 Å². The minimum Gasteiger partial charge on any atom is -0.487 e. The zero-order valence-corrected chi connectivity index (χ0v) is 16.3. The molecule has 0 unspecified atom stereocenters. The summed E-state index contributed by atoms with van der Waals surface area (Å²) in [6, 6.07) is 8.55. The van der Waals surface area contributed by atoms with Crippen molar-refractivity contribution in [3.63, 3.8) is 0 Å². The van der Waals surface area contributed by atoms with Crippen LogP contribution in [0.15, 0.2) is 35.7 Å². The molecule has 0 aliphatic carbocycles. The Bertz CT molecular complexity index is 952. The molecule has 0 atom stereocenters. The summed E-state index contributed by atoms with van der Waals surface area (Å²) in [5.74, 6) is 0.445. The molecule has 0 bridgehead atoms. The summed E-state index contributed by atoms with van der Waals surface area (Å²) in [7, 11) is 1.64. The number of nitrogens with zero attached hydrogens (tertiary/aromatic N) is 2. The monoisotopic (exact) mass is 383 g/mol. The highest BCUT2D eigenvalue weighted by atomic mass is 32.1. The van der Waals surface area contributed by atoms with Gasteiger partial charge >= 0.3 is 5.97 Å². The molecule has 0 saturated carbocycles. The number of carboxylic acids is 1. The van der Waals surface area contributed by atoms with Crippen LogP contribution in [0.1, 0.15) is 35.5 Å². The lowest BCUT2D eigenvalue weighted by atomic mass is 10.1. The van der Waals surface area contributed by atoms with Crippen LogP contribution in [0.3, 0.4) is 0 Å². The Labute approximate surface area is 161 Å². The van der Waals surface area contributed by atoms with Crippen LogP contribution >= 0.6 is 11.3 Å². The predicted molar refractivity (Wildman–Crippen MR) is 107 cm³/mol. The van der Waals surface area contributed by atoms with Gasteiger partial charge in [-0.15, -0.1) is 11.3 Å². The molecule has 2 N–H and O–H groups in total. The number of carboxylic acid groups (broad SMARTS) is 1. The summed E-state index contributed by atoms with van der Waals surface area (Å²) in [5.41, 5.74) is 4.00. The number of anilines is 2. The molecule has 0 radical (unpaired) electrons. The van der Waals surface area contributed by atoms with E-state index in [1.54, 1.807) is 31.4 Å². The second-order valence-corrected chi connectivity index (χ2v) is 6.77. The molecule has 0 fully saturated rings. The maximum Gasteiger partial charge on any atom is 0.335 e. The second-order valence-electron chi connectivity index (χ2n) is 5.89. The molecule has 3 aromatic rings. The second kappa shape index (κ2) is 8.18. The van der Waals surface area contributed by atoms with Crippen molar-refractivity contribution in [2.75, 3.05) is 12.4 Å². The van der Waals surface area contributed by atoms with E-state index >= 15 is 0 Å². The van der Waals surface area contributed by atoms with Crippen LogP contribution < -0.4 is 10.1 Å². The molecule has 2 heterocycles. The first-order chi connectivity index (χ1) is 13.0. The molecule has 0 amide bonds. The van der Waals surface area contributed by atoms with Gasteiger partial charge in [0.25, 0.3) is 0 Å². The predicted octanol–water partition coefficient (Wildman–Crippen LogP) is 4.78. The summed E-state index contributed by atoms with van der Waals surface area (Å²) in [6.07, 6.45) is 1.60. The van der Waals surface area contributed by atoms with Gasteiger partial charge in [-0.1, -0.05) is 13.8 Å². The summed E-state index contributed by atoms with van der Waals surface area (Å²) < 4.78 is 5.27. The number of aromatic nitrogens is 2. The Hall–Kier alpha value is -2.93. The highest BCUT2D eigenvalue weighted by Crippen LogP contribution is 2.31. The molecule has 0 aliphatic rings. The molecule has 0 aliphatic heterocycles. The van der Waals surface area contributed by atoms with E-state index in [0.29, 0.717) is 5.82 Å². The van der Waals surface area contributed by atoms with Crippen LogP contribution in [-0.4, -0.2) is 28.2 Å². The van der Waals surface area contributed by atoms with E-state index in [0.717, 1.165) is 46.2 Å². The Kier molecular flexibility index (Phi) is 5.71. The van der Waals surface area contributed by atoms with Crippen molar-refractivity contribution < 1.29 is 14.6 Å². The van der Waals surface area contributed by atoms with Crippen molar-refractivity contribution >= 4 is 28.8 Å². The summed E-state index contributed by atoms with van der Waals surface area (Å²) in [5, 5.41) is 15.2. The van der Waals surface area contributed by atoms with E-state index in [9.17, 15) is 4.79 Å². The Morgan fingerprint density at radius 1 is 1.19 bits per heavy atom. The molecule has 27 heavy (non-hydrogen) atoms. The Morgan fingerprint density at radius 2 is 1.93 bits per heavy atom. The van der Waals surface area contributed by atoms with E-state index in [1.165, 1.54) is 11.3 Å². The Balaban J connectivity index is 2.01. The van der Waals surface area contributed by atoms with Gasteiger partial charge in [-0.25, -0.2) is 14.8 Å². The van der Waals surface area contributed by atoms with Crippen LogP contribution in [-0.2, 0) is 12.8 Å². The SMILES string of the molecule is CCc1nc(-c2csc(OC)c2)nc(Nc2ccc(C(=O)O)cc2)c1CC. The molecular formula is C20H21N3O3S. The minimum absolute atomic E-state index is 0.249. The lowest BCUT2D eigenvalue weighted by Gasteiger charge is -2.15. The number of hydrogen-bond donors (Lipinski definition) is 2. The van der Waals surface area contributed by atoms with E-state index in [4.69, 9.17) is 19.8 Å². The molecular weight excluding hydrogens is 362 g/mol. The fourth-order valence-corrected chi connectivity index (χ4v) is 3.51. The first kappa shape index (κ1) is 18.8. The maximum atomic E-state index is 11.0. The van der Waals surface area contributed by atoms with Crippen molar-refractivity contribution in [3.8, 4) is 16.5 Å². The molecule has 2 aromatic heterocycles. The number of methoxy groups -OCH3 is 1. The fourth-order valence-electron chi connectivity index (χ4n) is 2.80. The normalized spacial score (nSPS) is 10.6. The zero-order valence-electron chi connectivity index (χ0n) is 15.4. The molecule has 0 spiro atoms. The van der Waals surface area contributed by atoms with Crippen LogP contribution in [0.25, 0.3) is 11.4 Å². The van der Waals surface area contributed by atoms with Gasteiger partial charge in [0.05, 0.1) is 12.7 Å². The third-order valence-electron chi connectivity index (χ3n) is 4.21. The minimum atomic E-state index is -0.945. The van der Waals surface area contributed by atoms with Gasteiger partial charge in [-0.05, 0) is 37.1 Å². The molecule has 6 nitrogen and oxygen atoms in total. The van der Waals surface area contributed by atoms with Gasteiger partial charge in [0.15, 0.2) is 10.9 Å². The molecule has 1 aromatic carbocycles. The number of ether oxygens (including phenoxy) is 1. The first-order valence-electron chi connectivity index (χ1n) is 8.68. The quantitative estimate of drug-likeness (QED) is 0.611. The van der Waals surface area contributed by atoms with Gasteiger partial charge in [0, 0.05) is 34.0 Å². The standard InChI is InChI=1S/C20H21N3O3S/c1-4-15-16(5-2)22-18(13-10-17(26-3)27-11-13)23-19(15)21-14-8-6-12(7-9-14)20(24)25/h6-11H,4-5H2,1-3H3,(H,24,25)(H,21,22,23). The first-order valence-corrected chi connectivity index (χ1v) is 9.56. The van der Waals surface area contributed by atoms with Gasteiger partial charge in [-0.3, -0.25) is 0 Å². The largest absolute Gasteiger partial charge is 0.487 e. The molecule has 140 valence electrons. The molecule has 0 saturated heterocycles. The third kappa shape index (κ3) is 4.09. The average Bonchev–Trinajstić information content (AvgIpc) is 3.17. The van der Waals surface area contributed by atoms with Gasteiger partial charge in [0.1, 0.15) is 5.82 Å². The van der Waals surface area contributed by atoms with Crippen LogP contribution in [0.5, 0.6) is 5.06 Å². The van der Waals surface area contributed by atoms with E-state index in [-0.39, 0.29) is 5.56 Å². The van der Waals surface area contributed by atoms with Gasteiger partial charge in [-0.2, -0.15) is 0 Å². The fraction of sp³-hybridized carbons (Fsp3) is 0.250. The highest BCUT2D eigenvalue weighted by Gasteiger charge is 2.15. The number of aryl methyl sites for hydroxylation is 1. The smallest absolute Gasteiger partial charge is 0.335 e. The third-order valence-corrected chi connectivity index (χ3v) is 5.10. The van der Waals surface area contributed by atoms with Gasteiger partial charge < -0.3 is 15.2 Å². The lowest BCUT2D eigenvalue weighted by Crippen LogP contribution is -2.07. The van der Waals surface area contributed by atoms with Crippen LogP contribution in [0.4, 0.5) is 11.5 Å². The van der Waals surface area contributed by atoms with E-state index in [1.807, 2.05) is 11.4 Å². The number of benzene rings is 1.